The summed E-state index contributed by atoms with van der Waals surface area (Å²) >= 11 is 0. The summed E-state index contributed by atoms with van der Waals surface area (Å²) < 4.78 is 11.7. The zero-order valence-electron chi connectivity index (χ0n) is 21.6. The topological polar surface area (TPSA) is 107 Å². The van der Waals surface area contributed by atoms with Crippen LogP contribution in [0.1, 0.15) is 16.8 Å². The van der Waals surface area contributed by atoms with Crippen molar-refractivity contribution >= 4 is 33.6 Å². The predicted molar refractivity (Wildman–Crippen MR) is 151 cm³/mol. The Labute approximate surface area is 219 Å². The van der Waals surface area contributed by atoms with Crippen LogP contribution in [0.25, 0.3) is 21.9 Å². The van der Waals surface area contributed by atoms with E-state index in [-0.39, 0.29) is 11.5 Å². The summed E-state index contributed by atoms with van der Waals surface area (Å²) in [5.74, 6) is 2.36. The second-order valence-electron chi connectivity index (χ2n) is 9.72. The van der Waals surface area contributed by atoms with E-state index in [0.29, 0.717) is 23.6 Å². The molecule has 3 aromatic carbocycles. The smallest absolute Gasteiger partial charge is 0.329 e. The summed E-state index contributed by atoms with van der Waals surface area (Å²) in [6.07, 6.45) is 0. The highest BCUT2D eigenvalue weighted by Gasteiger charge is 2.17. The Hall–Kier alpha value is -4.79. The molecule has 9 nitrogen and oxygen atoms in total. The number of nitrogens with one attached hydrogen (secondary N) is 1. The quantitative estimate of drug-likeness (QED) is 0.270. The van der Waals surface area contributed by atoms with Crippen LogP contribution in [0.3, 0.4) is 0 Å². The maximum atomic E-state index is 13.3. The number of aryl methyl sites for hydroxylation is 2. The zero-order chi connectivity index (χ0) is 26.6. The molecule has 5 aromatic rings. The molecule has 0 aliphatic carbocycles. The molecular weight excluding hydrogens is 478 g/mol. The number of ether oxygens (including phenoxy) is 1. The minimum absolute atomic E-state index is 0.0314. The van der Waals surface area contributed by atoms with Crippen LogP contribution in [-0.4, -0.2) is 50.4 Å². The number of nitrogens with two attached hydrogens (primary N) is 1. The number of aliphatic imine (C=N–C) groups is 1. The number of amidine groups is 2. The largest absolute Gasteiger partial charge is 0.457 e. The molecule has 0 atom stereocenters. The molecule has 1 aliphatic heterocycles. The van der Waals surface area contributed by atoms with Crippen molar-refractivity contribution in [2.24, 2.45) is 24.8 Å². The van der Waals surface area contributed by atoms with Gasteiger partial charge in [-0.2, -0.15) is 0 Å². The first-order valence-corrected chi connectivity index (χ1v) is 12.5. The van der Waals surface area contributed by atoms with E-state index in [1.807, 2.05) is 80.8 Å². The lowest BCUT2D eigenvalue weighted by molar-refractivity contribution is 0.482. The monoisotopic (exact) mass is 507 g/mol. The van der Waals surface area contributed by atoms with Gasteiger partial charge in [0.1, 0.15) is 23.2 Å². The second-order valence-corrected chi connectivity index (χ2v) is 9.72. The lowest BCUT2D eigenvalue weighted by Crippen LogP contribution is -2.23. The van der Waals surface area contributed by atoms with Crippen molar-refractivity contribution in [2.45, 2.75) is 6.54 Å². The average Bonchev–Trinajstić information content (AvgIpc) is 3.54. The van der Waals surface area contributed by atoms with Crippen LogP contribution in [-0.2, 0) is 20.6 Å². The van der Waals surface area contributed by atoms with E-state index in [1.165, 1.54) is 0 Å². The number of rotatable bonds is 6. The van der Waals surface area contributed by atoms with Crippen molar-refractivity contribution in [3.8, 4) is 11.5 Å². The number of likely N-dealkylation sites (N-methyl/N-ethyl adjacent to an activating group) is 1. The number of nitrogens with zero attached hydrogens (tertiary/aromatic N) is 5. The van der Waals surface area contributed by atoms with E-state index >= 15 is 0 Å². The minimum Gasteiger partial charge on any atom is -0.457 e. The number of hydrogen-bond donors (Lipinski definition) is 2. The Morgan fingerprint density at radius 3 is 2.50 bits per heavy atom. The first kappa shape index (κ1) is 23.6. The third-order valence-electron chi connectivity index (χ3n) is 7.28. The maximum absolute atomic E-state index is 13.3. The van der Waals surface area contributed by atoms with Crippen molar-refractivity contribution < 1.29 is 4.74 Å². The summed E-state index contributed by atoms with van der Waals surface area (Å²) in [5, 5.41) is 8.72. The van der Waals surface area contributed by atoms with E-state index in [9.17, 15) is 4.79 Å². The average molecular weight is 508 g/mol. The molecule has 0 saturated heterocycles. The van der Waals surface area contributed by atoms with Gasteiger partial charge in [-0.05, 0) is 48.5 Å². The Kier molecular flexibility index (Phi) is 5.56. The molecule has 0 bridgehead atoms. The first-order valence-electron chi connectivity index (χ1n) is 12.5. The molecule has 38 heavy (non-hydrogen) atoms. The molecule has 1 aliphatic rings. The van der Waals surface area contributed by atoms with Crippen molar-refractivity contribution in [1.29, 1.82) is 5.41 Å². The Morgan fingerprint density at radius 2 is 1.74 bits per heavy atom. The summed E-state index contributed by atoms with van der Waals surface area (Å²) in [5.41, 5.74) is 10.9. The molecule has 0 spiro atoms. The molecule has 6 rings (SSSR count). The summed E-state index contributed by atoms with van der Waals surface area (Å²) in [6, 6.07) is 21.4. The van der Waals surface area contributed by atoms with Gasteiger partial charge in [-0.1, -0.05) is 12.1 Å². The number of hydrogen-bond acceptors (Lipinski definition) is 5. The molecular formula is C29H29N7O2. The molecule has 0 fully saturated rings. The van der Waals surface area contributed by atoms with Gasteiger partial charge < -0.3 is 19.9 Å². The van der Waals surface area contributed by atoms with Crippen LogP contribution in [0.5, 0.6) is 11.5 Å². The standard InChI is InChI=1S/C29H29N7O2/c1-33-12-11-32-28(33)19-5-4-6-22(15-19)38-23-8-10-25-26(16-23)36(29(37)35(25)3)17-21-14-20-13-18(27(30)31)7-9-24(20)34(21)2/h4-10,13-16H,11-12,17H2,1-3H3,(H3,30,31). The Balaban J connectivity index is 1.36. The van der Waals surface area contributed by atoms with Crippen LogP contribution in [0, 0.1) is 5.41 Å². The molecule has 9 heteroatoms. The lowest BCUT2D eigenvalue weighted by Gasteiger charge is -2.14. The number of fused-ring (bicyclic) bond motifs is 2. The minimum atomic E-state index is -0.101. The number of benzene rings is 3. The Bertz CT molecular complexity index is 1820. The van der Waals surface area contributed by atoms with Crippen molar-refractivity contribution in [3.63, 3.8) is 0 Å². The van der Waals surface area contributed by atoms with Gasteiger partial charge in [-0.15, -0.1) is 0 Å². The first-order chi connectivity index (χ1) is 18.3. The van der Waals surface area contributed by atoms with Gasteiger partial charge in [-0.3, -0.25) is 19.5 Å². The zero-order valence-corrected chi connectivity index (χ0v) is 21.6. The van der Waals surface area contributed by atoms with Gasteiger partial charge in [0.2, 0.25) is 0 Å². The van der Waals surface area contributed by atoms with E-state index in [1.54, 1.807) is 16.2 Å². The highest BCUT2D eigenvalue weighted by atomic mass is 16.5. The molecule has 0 saturated carbocycles. The number of aromatic nitrogens is 3. The van der Waals surface area contributed by atoms with Gasteiger partial charge in [0.05, 0.1) is 24.1 Å². The third kappa shape index (κ3) is 3.92. The molecule has 0 amide bonds. The van der Waals surface area contributed by atoms with E-state index in [0.717, 1.165) is 52.1 Å². The van der Waals surface area contributed by atoms with E-state index in [2.05, 4.69) is 14.5 Å². The highest BCUT2D eigenvalue weighted by molar-refractivity contribution is 6.00. The molecule has 192 valence electrons. The fourth-order valence-electron chi connectivity index (χ4n) is 5.17. The van der Waals surface area contributed by atoms with Crippen LogP contribution in [0.2, 0.25) is 0 Å². The van der Waals surface area contributed by atoms with Crippen LogP contribution < -0.4 is 16.2 Å². The fraction of sp³-hybridized carbons (Fsp3) is 0.207. The van der Waals surface area contributed by atoms with Crippen molar-refractivity contribution in [3.05, 3.63) is 94.0 Å². The van der Waals surface area contributed by atoms with Crippen LogP contribution >= 0.6 is 0 Å². The Morgan fingerprint density at radius 1 is 0.947 bits per heavy atom. The molecule has 3 heterocycles. The second kappa shape index (κ2) is 8.95. The summed E-state index contributed by atoms with van der Waals surface area (Å²) in [4.78, 5) is 20.0. The van der Waals surface area contributed by atoms with Crippen LogP contribution in [0.15, 0.2) is 76.5 Å². The van der Waals surface area contributed by atoms with Gasteiger partial charge in [0, 0.05) is 61.5 Å². The molecule has 3 N–H and O–H groups in total. The SMILES string of the molecule is CN1CCN=C1c1cccc(Oc2ccc3c(c2)n(Cc2cc4cc(C(=N)N)ccc4n2C)c(=O)n3C)c1. The van der Waals surface area contributed by atoms with E-state index in [4.69, 9.17) is 15.9 Å². The summed E-state index contributed by atoms with van der Waals surface area (Å²) in [6.45, 7) is 2.10. The van der Waals surface area contributed by atoms with Gasteiger partial charge >= 0.3 is 5.69 Å². The van der Waals surface area contributed by atoms with Gasteiger partial charge in [-0.25, -0.2) is 4.79 Å². The highest BCUT2D eigenvalue weighted by Crippen LogP contribution is 2.28. The predicted octanol–water partition coefficient (Wildman–Crippen LogP) is 3.65. The van der Waals surface area contributed by atoms with Gasteiger partial charge in [0.25, 0.3) is 0 Å². The molecule has 0 radical (unpaired) electrons. The summed E-state index contributed by atoms with van der Waals surface area (Å²) in [7, 11) is 5.80. The number of imidazole rings is 1. The molecule has 2 aromatic heterocycles. The maximum Gasteiger partial charge on any atom is 0.329 e. The fourth-order valence-corrected chi connectivity index (χ4v) is 5.17. The van der Waals surface area contributed by atoms with Crippen LogP contribution in [0.4, 0.5) is 0 Å². The normalized spacial score (nSPS) is 13.4. The van der Waals surface area contributed by atoms with Crippen molar-refractivity contribution in [1.82, 2.24) is 18.6 Å². The van der Waals surface area contributed by atoms with Gasteiger partial charge in [0.15, 0.2) is 0 Å². The number of nitrogen functional groups attached to an aromatic ring is 1. The van der Waals surface area contributed by atoms with E-state index < -0.39 is 0 Å². The molecule has 0 unspecified atom stereocenters. The third-order valence-corrected chi connectivity index (χ3v) is 7.28. The lowest BCUT2D eigenvalue weighted by atomic mass is 10.1. The van der Waals surface area contributed by atoms with Crippen molar-refractivity contribution in [2.75, 3.05) is 20.1 Å².